The van der Waals surface area contributed by atoms with Gasteiger partial charge in [0.15, 0.2) is 0 Å². The second-order valence-electron chi connectivity index (χ2n) is 13.7. The molecule has 1 aliphatic carbocycles. The van der Waals surface area contributed by atoms with Crippen LogP contribution in [0.5, 0.6) is 0 Å². The maximum absolute atomic E-state index is 14.2. The fraction of sp³-hybridized carbons (Fsp3) is 0.793. The number of nitrogens with zero attached hydrogens (tertiary/aromatic N) is 2. The molecule has 0 spiro atoms. The van der Waals surface area contributed by atoms with Crippen molar-refractivity contribution in [2.75, 3.05) is 19.6 Å². The predicted molar refractivity (Wildman–Crippen MR) is 165 cm³/mol. The minimum absolute atomic E-state index is 0.0682. The summed E-state index contributed by atoms with van der Waals surface area (Å²) in [6.45, 7) is 7.21. The number of carbonyl (C=O) groups is 4. The summed E-state index contributed by atoms with van der Waals surface area (Å²) < 4.78 is 5.47. The lowest BCUT2D eigenvalue weighted by Crippen LogP contribution is -2.56. The van der Waals surface area contributed by atoms with Gasteiger partial charge in [0.25, 0.3) is 0 Å². The lowest BCUT2D eigenvalue weighted by Gasteiger charge is -2.31. The summed E-state index contributed by atoms with van der Waals surface area (Å²) in [6, 6.07) is -2.12. The Morgan fingerprint density at radius 2 is 1.95 bits per heavy atom. The van der Waals surface area contributed by atoms with Crippen LogP contribution in [0, 0.1) is 11.8 Å². The van der Waals surface area contributed by atoms with E-state index in [2.05, 4.69) is 48.3 Å². The number of halogens is 1. The fourth-order valence-electron chi connectivity index (χ4n) is 6.66. The molecule has 15 heteroatoms. The molecule has 3 amide bonds. The lowest BCUT2D eigenvalue weighted by molar-refractivity contribution is -0.145. The van der Waals surface area contributed by atoms with Gasteiger partial charge in [-0.15, -0.1) is 0 Å². The monoisotopic (exact) mass is 682 g/mol. The van der Waals surface area contributed by atoms with Crippen LogP contribution in [0.25, 0.3) is 0 Å². The molecular formula is C29H47BrN8O6. The molecule has 0 bridgehead atoms. The highest BCUT2D eigenvalue weighted by atomic mass is 79.9. The normalized spacial score (nSPS) is 38.0. The average Bonchev–Trinajstić information content (AvgIpc) is 3.27. The van der Waals surface area contributed by atoms with Crippen molar-refractivity contribution in [2.45, 2.75) is 112 Å². The highest BCUT2D eigenvalue weighted by Crippen LogP contribution is 2.45. The molecule has 8 atom stereocenters. The fourth-order valence-corrected chi connectivity index (χ4v) is 7.37. The summed E-state index contributed by atoms with van der Waals surface area (Å²) in [5, 5.41) is 20.9. The van der Waals surface area contributed by atoms with E-state index in [-0.39, 0.29) is 37.0 Å². The van der Waals surface area contributed by atoms with Crippen LogP contribution in [0.1, 0.15) is 72.1 Å². The molecule has 44 heavy (non-hydrogen) atoms. The lowest BCUT2D eigenvalue weighted by atomic mass is 9.97. The molecule has 4 heterocycles. The maximum Gasteiger partial charge on any atom is 0.408 e. The van der Waals surface area contributed by atoms with E-state index >= 15 is 0 Å². The van der Waals surface area contributed by atoms with Gasteiger partial charge in [0.1, 0.15) is 23.2 Å². The number of rotatable bonds is 4. The van der Waals surface area contributed by atoms with Crippen molar-refractivity contribution in [3.8, 4) is 0 Å². The summed E-state index contributed by atoms with van der Waals surface area (Å²) in [5.74, 6) is -1.98. The Balaban J connectivity index is 1.37. The first-order valence-electron chi connectivity index (χ1n) is 15.8. The van der Waals surface area contributed by atoms with Crippen LogP contribution in [-0.4, -0.2) is 98.9 Å². The van der Waals surface area contributed by atoms with Crippen LogP contribution >= 0.6 is 15.9 Å². The van der Waals surface area contributed by atoms with Crippen molar-refractivity contribution >= 4 is 39.8 Å². The van der Waals surface area contributed by atoms with Gasteiger partial charge in [-0.2, -0.15) is 10.7 Å². The van der Waals surface area contributed by atoms with Gasteiger partial charge in [0, 0.05) is 36.3 Å². The number of alkyl halides is 1. The van der Waals surface area contributed by atoms with Crippen LogP contribution in [0.3, 0.4) is 0 Å². The van der Waals surface area contributed by atoms with Crippen LogP contribution in [0.15, 0.2) is 12.2 Å². The number of hydrogen-bond acceptors (Lipinski definition) is 10. The second kappa shape index (κ2) is 13.6. The molecule has 4 aliphatic heterocycles. The number of carbonyl (C=O) groups excluding carboxylic acids is 3. The number of allylic oxidation sites excluding steroid dienone is 1. The van der Waals surface area contributed by atoms with E-state index in [1.165, 1.54) is 4.90 Å². The van der Waals surface area contributed by atoms with Crippen molar-refractivity contribution in [1.29, 1.82) is 0 Å². The number of ether oxygens (including phenoxy) is 1. The van der Waals surface area contributed by atoms with Crippen LogP contribution in [0.4, 0.5) is 4.79 Å². The first-order chi connectivity index (χ1) is 20.9. The van der Waals surface area contributed by atoms with Crippen LogP contribution < -0.4 is 32.3 Å². The molecule has 0 radical (unpaired) electrons. The number of hydrazine groups is 3. The molecule has 1 saturated carbocycles. The van der Waals surface area contributed by atoms with Crippen molar-refractivity contribution in [1.82, 2.24) is 42.4 Å². The Morgan fingerprint density at radius 1 is 1.16 bits per heavy atom. The first kappa shape index (κ1) is 33.1. The number of carboxylic acid groups (broad SMARTS) is 1. The van der Waals surface area contributed by atoms with Gasteiger partial charge in [0.05, 0.1) is 12.2 Å². The number of nitrogens with one attached hydrogen (secondary N) is 6. The molecule has 0 aromatic rings. The van der Waals surface area contributed by atoms with Crippen LogP contribution in [-0.2, 0) is 19.1 Å². The smallest absolute Gasteiger partial charge is 0.408 e. The zero-order valence-corrected chi connectivity index (χ0v) is 27.3. The standard InChI is InChI=1S/C29H47BrN8O6/c1-28(2,3)44-27(43)32-21-10-8-6-4-5-7-9-18-13-29(18,26(41)42)33-24(39)22-12-20(16-37(22)25(21)40)38-35-23(34-36-38)17-11-19(30)15-31-14-17/h7,9,17-23,31,34-36H,4-6,8,10-16H2,1-3H3,(H,32,43)(H,33,39)(H,41,42)/b9-7-/t17?,18-,19?,20-,21+,22+,23?,29-/m1/s1. The summed E-state index contributed by atoms with van der Waals surface area (Å²) in [4.78, 5) is 55.0. The molecule has 14 nitrogen and oxygen atoms in total. The topological polar surface area (TPSA) is 176 Å². The minimum atomic E-state index is -1.38. The number of hydrogen-bond donors (Lipinski definition) is 7. The number of fused-ring (bicyclic) bond motifs is 2. The highest BCUT2D eigenvalue weighted by molar-refractivity contribution is 9.09. The van der Waals surface area contributed by atoms with Crippen LogP contribution in [0.2, 0.25) is 0 Å². The zero-order valence-electron chi connectivity index (χ0n) is 25.7. The van der Waals surface area contributed by atoms with E-state index < -0.39 is 41.2 Å². The molecule has 3 saturated heterocycles. The largest absolute Gasteiger partial charge is 0.479 e. The number of amides is 3. The van der Waals surface area contributed by atoms with Gasteiger partial charge < -0.3 is 30.7 Å². The van der Waals surface area contributed by atoms with Gasteiger partial charge >= 0.3 is 12.1 Å². The van der Waals surface area contributed by atoms with Crippen molar-refractivity contribution in [3.05, 3.63) is 12.2 Å². The van der Waals surface area contributed by atoms with Gasteiger partial charge in [-0.05, 0) is 59.3 Å². The van der Waals surface area contributed by atoms with E-state index in [4.69, 9.17) is 4.74 Å². The van der Waals surface area contributed by atoms with E-state index in [1.54, 1.807) is 25.9 Å². The molecule has 0 aromatic heterocycles. The second-order valence-corrected chi connectivity index (χ2v) is 15.0. The Kier molecular flexibility index (Phi) is 10.2. The number of alkyl carbamates (subject to hydrolysis) is 1. The van der Waals surface area contributed by atoms with E-state index in [9.17, 15) is 24.3 Å². The third-order valence-corrected chi connectivity index (χ3v) is 9.81. The quantitative estimate of drug-likeness (QED) is 0.165. The van der Waals surface area contributed by atoms with E-state index in [0.717, 1.165) is 38.8 Å². The highest BCUT2D eigenvalue weighted by Gasteiger charge is 2.61. The molecule has 4 fully saturated rings. The third-order valence-electron chi connectivity index (χ3n) is 9.11. The van der Waals surface area contributed by atoms with Crippen molar-refractivity contribution in [3.63, 3.8) is 0 Å². The predicted octanol–water partition coefficient (Wildman–Crippen LogP) is 0.858. The van der Waals surface area contributed by atoms with E-state index in [0.29, 0.717) is 30.0 Å². The Bertz CT molecular complexity index is 1140. The van der Waals surface area contributed by atoms with E-state index in [1.807, 2.05) is 12.2 Å². The number of aliphatic carboxylic acids is 1. The van der Waals surface area contributed by atoms with Crippen molar-refractivity contribution in [2.24, 2.45) is 11.8 Å². The first-order valence-corrected chi connectivity index (χ1v) is 16.7. The SMILES string of the molecule is CC(C)(C)OC(=O)N[C@H]1CCCCC/C=C\[C@@H]2C[C@@]2(C(=O)O)NC(=O)[C@@H]2C[C@@H](N3NNC(C4CNCC(Br)C4)N3)CN2C1=O. The number of piperidine rings is 1. The average molecular weight is 684 g/mol. The Hall–Kier alpha value is -2.30. The Morgan fingerprint density at radius 3 is 2.68 bits per heavy atom. The molecule has 246 valence electrons. The minimum Gasteiger partial charge on any atom is -0.479 e. The van der Waals surface area contributed by atoms with Gasteiger partial charge in [-0.3, -0.25) is 9.59 Å². The number of carboxylic acids is 1. The summed E-state index contributed by atoms with van der Waals surface area (Å²) in [6.07, 6.45) is 8.22. The zero-order chi connectivity index (χ0) is 31.6. The molecule has 5 rings (SSSR count). The molecular weight excluding hydrogens is 636 g/mol. The maximum atomic E-state index is 14.2. The summed E-state index contributed by atoms with van der Waals surface area (Å²) in [5.41, 5.74) is 7.80. The van der Waals surface area contributed by atoms with Gasteiger partial charge in [0.2, 0.25) is 11.8 Å². The van der Waals surface area contributed by atoms with Crippen molar-refractivity contribution < 1.29 is 29.0 Å². The summed E-state index contributed by atoms with van der Waals surface area (Å²) >= 11 is 3.70. The molecule has 0 aromatic carbocycles. The molecule has 7 N–H and O–H groups in total. The van der Waals surface area contributed by atoms with Gasteiger partial charge in [-0.1, -0.05) is 40.9 Å². The molecule has 3 unspecified atom stereocenters. The van der Waals surface area contributed by atoms with Gasteiger partial charge in [-0.25, -0.2) is 20.4 Å². The molecule has 5 aliphatic rings. The third kappa shape index (κ3) is 7.73. The summed E-state index contributed by atoms with van der Waals surface area (Å²) in [7, 11) is 0. The Labute approximate surface area is 266 Å².